The van der Waals surface area contributed by atoms with Crippen LogP contribution in [-0.2, 0) is 9.47 Å². The van der Waals surface area contributed by atoms with E-state index in [2.05, 4.69) is 0 Å². The van der Waals surface area contributed by atoms with E-state index in [4.69, 9.17) is 21.1 Å². The van der Waals surface area contributed by atoms with Crippen molar-refractivity contribution < 1.29 is 9.47 Å². The van der Waals surface area contributed by atoms with Crippen LogP contribution in [0.15, 0.2) is 29.2 Å². The Balaban J connectivity index is 0.00000154. The molecule has 0 saturated carbocycles. The summed E-state index contributed by atoms with van der Waals surface area (Å²) in [5.41, 5.74) is 0. The Bertz CT molecular complexity index is 302. The first-order chi connectivity index (χ1) is 9.18. The zero-order chi connectivity index (χ0) is 14.5. The van der Waals surface area contributed by atoms with E-state index < -0.39 is 0 Å². The van der Waals surface area contributed by atoms with Gasteiger partial charge in [0.15, 0.2) is 0 Å². The van der Waals surface area contributed by atoms with Crippen molar-refractivity contribution in [3.05, 3.63) is 29.3 Å². The predicted octanol–water partition coefficient (Wildman–Crippen LogP) is 4.90. The van der Waals surface area contributed by atoms with Gasteiger partial charge in [0, 0.05) is 15.7 Å². The first-order valence-corrected chi connectivity index (χ1v) is 8.12. The summed E-state index contributed by atoms with van der Waals surface area (Å²) in [7, 11) is 0. The summed E-state index contributed by atoms with van der Waals surface area (Å²) < 4.78 is 10.8. The van der Waals surface area contributed by atoms with Crippen molar-refractivity contribution in [3.63, 3.8) is 0 Å². The van der Waals surface area contributed by atoms with Gasteiger partial charge in [0.25, 0.3) is 0 Å². The van der Waals surface area contributed by atoms with E-state index in [1.807, 2.05) is 52.0 Å². The summed E-state index contributed by atoms with van der Waals surface area (Å²) in [6.45, 7) is 10.1. The van der Waals surface area contributed by atoms with Gasteiger partial charge in [-0.2, -0.15) is 0 Å². The minimum absolute atomic E-state index is 0.280. The van der Waals surface area contributed by atoms with Crippen LogP contribution < -0.4 is 0 Å². The molecule has 1 aromatic carbocycles. The highest BCUT2D eigenvalue weighted by molar-refractivity contribution is 7.99. The maximum Gasteiger partial charge on any atom is 0.0703 e. The number of thioether (sulfide) groups is 1. The molecule has 1 rings (SSSR count). The Morgan fingerprint density at radius 3 is 2.26 bits per heavy atom. The highest BCUT2D eigenvalue weighted by Crippen LogP contribution is 2.19. The van der Waals surface area contributed by atoms with Crippen LogP contribution in [0.1, 0.15) is 27.7 Å². The molecule has 0 fully saturated rings. The highest BCUT2D eigenvalue weighted by atomic mass is 35.5. The molecule has 0 saturated heterocycles. The molecule has 0 aromatic heterocycles. The maximum atomic E-state index is 5.81. The second-order valence-electron chi connectivity index (χ2n) is 3.83. The highest BCUT2D eigenvalue weighted by Gasteiger charge is 1.96. The molecule has 2 nitrogen and oxygen atoms in total. The molecule has 0 unspecified atom stereocenters. The second kappa shape index (κ2) is 12.8. The average Bonchev–Trinajstić information content (AvgIpc) is 2.42. The van der Waals surface area contributed by atoms with Crippen molar-refractivity contribution in [1.82, 2.24) is 0 Å². The zero-order valence-corrected chi connectivity index (χ0v) is 13.9. The van der Waals surface area contributed by atoms with Gasteiger partial charge in [0.05, 0.1) is 25.9 Å². The van der Waals surface area contributed by atoms with Crippen LogP contribution in [0.4, 0.5) is 0 Å². The molecule has 0 aliphatic heterocycles. The summed E-state index contributed by atoms with van der Waals surface area (Å²) in [6, 6.07) is 7.85. The van der Waals surface area contributed by atoms with Crippen LogP contribution in [0.2, 0.25) is 5.02 Å². The molecule has 0 N–H and O–H groups in total. The first kappa shape index (κ1) is 18.8. The summed E-state index contributed by atoms with van der Waals surface area (Å²) >= 11 is 7.58. The lowest BCUT2D eigenvalue weighted by molar-refractivity contribution is 0.0237. The number of rotatable bonds is 8. The lowest BCUT2D eigenvalue weighted by Crippen LogP contribution is -2.10. The summed E-state index contributed by atoms with van der Waals surface area (Å²) in [6.07, 6.45) is 0.280. The van der Waals surface area contributed by atoms with Crippen molar-refractivity contribution in [2.75, 3.05) is 25.6 Å². The van der Waals surface area contributed by atoms with Gasteiger partial charge in [0.2, 0.25) is 0 Å². The third-order valence-corrected chi connectivity index (χ3v) is 3.22. The molecule has 0 heterocycles. The molecule has 4 heteroatoms. The second-order valence-corrected chi connectivity index (χ2v) is 5.44. The summed E-state index contributed by atoms with van der Waals surface area (Å²) in [5.74, 6) is 0.948. The molecule has 19 heavy (non-hydrogen) atoms. The minimum Gasteiger partial charge on any atom is -0.378 e. The zero-order valence-electron chi connectivity index (χ0n) is 12.3. The smallest absolute Gasteiger partial charge is 0.0703 e. The Morgan fingerprint density at radius 2 is 1.68 bits per heavy atom. The van der Waals surface area contributed by atoms with Crippen molar-refractivity contribution in [1.29, 1.82) is 0 Å². The number of ether oxygens (including phenoxy) is 2. The third kappa shape index (κ3) is 11.3. The van der Waals surface area contributed by atoms with Crippen molar-refractivity contribution in [3.8, 4) is 0 Å². The van der Waals surface area contributed by atoms with Crippen LogP contribution in [0.5, 0.6) is 0 Å². The molecule has 0 amide bonds. The molecular weight excluding hydrogens is 280 g/mol. The average molecular weight is 305 g/mol. The normalized spacial score (nSPS) is 10.2. The maximum absolute atomic E-state index is 5.81. The van der Waals surface area contributed by atoms with Crippen LogP contribution >= 0.6 is 23.4 Å². The fraction of sp³-hybridized carbons (Fsp3) is 0.600. The van der Waals surface area contributed by atoms with E-state index in [-0.39, 0.29) is 6.10 Å². The standard InChI is InChI=1S/C13H19ClO2S.C2H6/c1-11(2)16-8-7-15-9-10-17-13-5-3-12(14)4-6-13;1-2/h3-6,11H,7-10H2,1-2H3;1-2H3. The molecule has 0 aliphatic carbocycles. The van der Waals surface area contributed by atoms with Crippen LogP contribution in [0.25, 0.3) is 0 Å². The number of hydrogen-bond donors (Lipinski definition) is 0. The Labute approximate surface area is 126 Å². The third-order valence-electron chi connectivity index (χ3n) is 1.99. The van der Waals surface area contributed by atoms with Crippen molar-refractivity contribution in [2.45, 2.75) is 38.7 Å². The van der Waals surface area contributed by atoms with E-state index in [9.17, 15) is 0 Å². The molecule has 110 valence electrons. The molecule has 0 atom stereocenters. The lowest BCUT2D eigenvalue weighted by atomic mass is 10.4. The minimum atomic E-state index is 0.280. The topological polar surface area (TPSA) is 18.5 Å². The van der Waals surface area contributed by atoms with Gasteiger partial charge in [-0.25, -0.2) is 0 Å². The largest absolute Gasteiger partial charge is 0.378 e. The van der Waals surface area contributed by atoms with Gasteiger partial charge in [0.1, 0.15) is 0 Å². The number of hydrogen-bond acceptors (Lipinski definition) is 3. The van der Waals surface area contributed by atoms with E-state index >= 15 is 0 Å². The first-order valence-electron chi connectivity index (χ1n) is 6.76. The van der Waals surface area contributed by atoms with E-state index in [0.717, 1.165) is 17.4 Å². The van der Waals surface area contributed by atoms with Gasteiger partial charge in [-0.1, -0.05) is 25.4 Å². The molecule has 0 bridgehead atoms. The Kier molecular flexibility index (Phi) is 12.6. The lowest BCUT2D eigenvalue weighted by Gasteiger charge is -2.08. The van der Waals surface area contributed by atoms with E-state index in [0.29, 0.717) is 13.2 Å². The van der Waals surface area contributed by atoms with Gasteiger partial charge < -0.3 is 9.47 Å². The molecule has 0 radical (unpaired) electrons. The molecule has 1 aromatic rings. The SMILES string of the molecule is CC.CC(C)OCCOCCSc1ccc(Cl)cc1. The number of halogens is 1. The molecule has 0 aliphatic rings. The van der Waals surface area contributed by atoms with E-state index in [1.165, 1.54) is 4.90 Å². The van der Waals surface area contributed by atoms with Crippen molar-refractivity contribution >= 4 is 23.4 Å². The molecular formula is C15H25ClO2S. The number of benzene rings is 1. The predicted molar refractivity (Wildman–Crippen MR) is 85.4 cm³/mol. The van der Waals surface area contributed by atoms with Gasteiger partial charge >= 0.3 is 0 Å². The van der Waals surface area contributed by atoms with Crippen molar-refractivity contribution in [2.24, 2.45) is 0 Å². The van der Waals surface area contributed by atoms with Gasteiger partial charge in [-0.05, 0) is 38.1 Å². The molecule has 0 spiro atoms. The van der Waals surface area contributed by atoms with Gasteiger partial charge in [-0.15, -0.1) is 11.8 Å². The van der Waals surface area contributed by atoms with Crippen LogP contribution in [0, 0.1) is 0 Å². The van der Waals surface area contributed by atoms with Gasteiger partial charge in [-0.3, -0.25) is 0 Å². The Hall–Kier alpha value is -0.220. The fourth-order valence-corrected chi connectivity index (χ4v) is 2.09. The summed E-state index contributed by atoms with van der Waals surface area (Å²) in [5, 5.41) is 0.774. The summed E-state index contributed by atoms with van der Waals surface area (Å²) in [4.78, 5) is 1.22. The monoisotopic (exact) mass is 304 g/mol. The van der Waals surface area contributed by atoms with Crippen LogP contribution in [0.3, 0.4) is 0 Å². The van der Waals surface area contributed by atoms with Crippen LogP contribution in [-0.4, -0.2) is 31.7 Å². The fourth-order valence-electron chi connectivity index (χ4n) is 1.19. The quantitative estimate of drug-likeness (QED) is 0.503. The van der Waals surface area contributed by atoms with E-state index in [1.54, 1.807) is 11.8 Å². The Morgan fingerprint density at radius 1 is 1.05 bits per heavy atom.